The number of hydrogen-bond donors (Lipinski definition) is 0. The molecule has 8 nitrogen and oxygen atoms in total. The van der Waals surface area contributed by atoms with Gasteiger partial charge in [0.25, 0.3) is 0 Å². The van der Waals surface area contributed by atoms with Gasteiger partial charge in [0.2, 0.25) is 5.90 Å². The van der Waals surface area contributed by atoms with Crippen LogP contribution in [-0.2, 0) is 25.7 Å². The number of benzene rings is 1. The lowest BCUT2D eigenvalue weighted by Crippen LogP contribution is -2.52. The van der Waals surface area contributed by atoms with Gasteiger partial charge in [0.15, 0.2) is 6.61 Å². The molecule has 0 bridgehead atoms. The summed E-state index contributed by atoms with van der Waals surface area (Å²) in [5.41, 5.74) is 0.171. The van der Waals surface area contributed by atoms with Crippen molar-refractivity contribution < 1.29 is 23.8 Å². The van der Waals surface area contributed by atoms with E-state index < -0.39 is 11.0 Å². The molecule has 3 heterocycles. The molecule has 0 N–H and O–H groups in total. The third-order valence-corrected chi connectivity index (χ3v) is 6.91. The number of nitrogens with zero attached hydrogens (tertiary/aromatic N) is 3. The molecule has 3 aliphatic rings. The van der Waals surface area contributed by atoms with E-state index in [-0.39, 0.29) is 12.2 Å². The average molecular weight is 488 g/mol. The maximum absolute atomic E-state index is 12.7. The second-order valence-electron chi connectivity index (χ2n) is 11.0. The summed E-state index contributed by atoms with van der Waals surface area (Å²) in [6, 6.07) is 10.2. The van der Waals surface area contributed by atoms with Crippen molar-refractivity contribution >= 4 is 12.0 Å². The van der Waals surface area contributed by atoms with Gasteiger partial charge < -0.3 is 23.9 Å². The molecule has 1 amide bonds. The van der Waals surface area contributed by atoms with E-state index in [0.717, 1.165) is 25.2 Å². The van der Waals surface area contributed by atoms with Gasteiger partial charge in [-0.05, 0) is 65.1 Å². The van der Waals surface area contributed by atoms with Gasteiger partial charge in [0, 0.05) is 19.6 Å². The summed E-state index contributed by atoms with van der Waals surface area (Å²) in [6.07, 6.45) is 4.83. The molecular formula is C27H41N3O5. The van der Waals surface area contributed by atoms with E-state index in [9.17, 15) is 4.79 Å². The van der Waals surface area contributed by atoms with E-state index >= 15 is 0 Å². The van der Waals surface area contributed by atoms with E-state index in [1.54, 1.807) is 4.90 Å². The lowest BCUT2D eigenvalue weighted by molar-refractivity contribution is -0.0454. The van der Waals surface area contributed by atoms with Crippen LogP contribution in [0.25, 0.3) is 0 Å². The second kappa shape index (κ2) is 11.6. The fraction of sp³-hybridized carbons (Fsp3) is 0.704. The summed E-state index contributed by atoms with van der Waals surface area (Å²) < 4.78 is 18.3. The van der Waals surface area contributed by atoms with Crippen molar-refractivity contribution in [1.82, 2.24) is 9.80 Å². The average Bonchev–Trinajstić information content (AvgIpc) is 2.85. The first-order valence-electron chi connectivity index (χ1n) is 13.0. The number of hydrogen-bond acceptors (Lipinski definition) is 7. The Morgan fingerprint density at radius 3 is 2.49 bits per heavy atom. The fourth-order valence-corrected chi connectivity index (χ4v) is 4.94. The number of carbonyl (C=O) groups excluding carboxylic acids is 1. The molecule has 0 aromatic heterocycles. The van der Waals surface area contributed by atoms with E-state index in [1.807, 2.05) is 39.0 Å². The number of ether oxygens (including phenoxy) is 3. The topological polar surface area (TPSA) is 72.8 Å². The zero-order valence-corrected chi connectivity index (χ0v) is 21.5. The summed E-state index contributed by atoms with van der Waals surface area (Å²) in [4.78, 5) is 22.6. The van der Waals surface area contributed by atoms with Crippen LogP contribution in [0.3, 0.4) is 0 Å². The smallest absolute Gasteiger partial charge is 0.410 e. The van der Waals surface area contributed by atoms with Crippen LogP contribution in [0.15, 0.2) is 35.5 Å². The number of oxime groups is 1. The molecule has 8 heteroatoms. The van der Waals surface area contributed by atoms with E-state index in [1.165, 1.54) is 19.3 Å². The third-order valence-electron chi connectivity index (χ3n) is 6.91. The molecule has 1 aromatic carbocycles. The van der Waals surface area contributed by atoms with Crippen molar-refractivity contribution in [3.8, 4) is 0 Å². The van der Waals surface area contributed by atoms with Gasteiger partial charge in [-0.25, -0.2) is 4.79 Å². The third kappa shape index (κ3) is 7.34. The van der Waals surface area contributed by atoms with Crippen LogP contribution in [-0.4, -0.2) is 79.4 Å². The molecule has 2 fully saturated rings. The Morgan fingerprint density at radius 2 is 1.80 bits per heavy atom. The zero-order chi connectivity index (χ0) is 24.7. The summed E-state index contributed by atoms with van der Waals surface area (Å²) >= 11 is 0. The van der Waals surface area contributed by atoms with E-state index in [0.29, 0.717) is 51.6 Å². The van der Waals surface area contributed by atoms with Gasteiger partial charge in [-0.1, -0.05) is 41.9 Å². The van der Waals surface area contributed by atoms with Crippen LogP contribution < -0.4 is 0 Å². The largest absolute Gasteiger partial charge is 0.470 e. The molecule has 1 aromatic rings. The van der Waals surface area contributed by atoms with E-state index in [4.69, 9.17) is 19.0 Å². The van der Waals surface area contributed by atoms with Gasteiger partial charge in [0.1, 0.15) is 11.7 Å². The molecule has 1 atom stereocenters. The summed E-state index contributed by atoms with van der Waals surface area (Å²) in [5.74, 6) is 0.614. The number of carbonyl (C=O) groups is 1. The lowest BCUT2D eigenvalue weighted by Gasteiger charge is -2.43. The first-order valence-corrected chi connectivity index (χ1v) is 13.0. The van der Waals surface area contributed by atoms with E-state index in [2.05, 4.69) is 22.2 Å². The Morgan fingerprint density at radius 1 is 1.09 bits per heavy atom. The number of piperidine rings is 2. The molecule has 0 spiro atoms. The first-order chi connectivity index (χ1) is 16.8. The Bertz CT molecular complexity index is 840. The van der Waals surface area contributed by atoms with Crippen LogP contribution in [0, 0.1) is 5.41 Å². The minimum atomic E-state index is -0.517. The Kier molecular flexibility index (Phi) is 8.55. The van der Waals surface area contributed by atoms with Crippen LogP contribution in [0.2, 0.25) is 0 Å². The van der Waals surface area contributed by atoms with Crippen molar-refractivity contribution in [2.45, 2.75) is 71.2 Å². The second-order valence-corrected chi connectivity index (χ2v) is 11.0. The van der Waals surface area contributed by atoms with Crippen molar-refractivity contribution in [1.29, 1.82) is 0 Å². The highest BCUT2D eigenvalue weighted by atomic mass is 16.7. The van der Waals surface area contributed by atoms with Crippen LogP contribution in [0.1, 0.15) is 58.4 Å². The first kappa shape index (κ1) is 25.8. The van der Waals surface area contributed by atoms with Gasteiger partial charge >= 0.3 is 6.09 Å². The summed E-state index contributed by atoms with van der Waals surface area (Å²) in [6.45, 7) is 11.3. The molecule has 2 saturated heterocycles. The molecule has 4 rings (SSSR count). The zero-order valence-electron chi connectivity index (χ0n) is 21.5. The minimum absolute atomic E-state index is 0.0458. The molecule has 1 unspecified atom stereocenters. The number of likely N-dealkylation sites (tertiary alicyclic amines) is 2. The van der Waals surface area contributed by atoms with Crippen LogP contribution in [0.5, 0.6) is 0 Å². The van der Waals surface area contributed by atoms with Crippen molar-refractivity contribution in [3.05, 3.63) is 35.9 Å². The predicted molar refractivity (Wildman–Crippen MR) is 134 cm³/mol. The van der Waals surface area contributed by atoms with Gasteiger partial charge in [-0.3, -0.25) is 4.90 Å². The summed E-state index contributed by atoms with van der Waals surface area (Å²) in [7, 11) is 0. The molecule has 0 radical (unpaired) electrons. The molecule has 0 saturated carbocycles. The monoisotopic (exact) mass is 487 g/mol. The van der Waals surface area contributed by atoms with Crippen LogP contribution in [0.4, 0.5) is 4.79 Å². The molecular weight excluding hydrogens is 446 g/mol. The maximum Gasteiger partial charge on any atom is 0.410 e. The van der Waals surface area contributed by atoms with Gasteiger partial charge in [0.05, 0.1) is 18.6 Å². The highest BCUT2D eigenvalue weighted by molar-refractivity contribution is 5.83. The fourth-order valence-electron chi connectivity index (χ4n) is 4.94. The van der Waals surface area contributed by atoms with Crippen molar-refractivity contribution in [2.24, 2.45) is 10.6 Å². The van der Waals surface area contributed by atoms with Gasteiger partial charge in [-0.2, -0.15) is 0 Å². The predicted octanol–water partition coefficient (Wildman–Crippen LogP) is 4.44. The standard InChI is InChI=1S/C27H41N3O5/c1-26(2,3)35-25(31)30-16-12-27(13-17-30,21-32-19-22-10-6-4-7-11-22)24-28-33-20-23(34-24)18-29-14-8-5-9-15-29/h4,6-7,10-11,23H,5,8-9,12-21H2,1-3H3. The Labute approximate surface area is 209 Å². The number of rotatable bonds is 7. The highest BCUT2D eigenvalue weighted by Crippen LogP contribution is 2.37. The van der Waals surface area contributed by atoms with Crippen molar-refractivity contribution in [2.75, 3.05) is 45.9 Å². The Hall–Kier alpha value is -2.32. The highest BCUT2D eigenvalue weighted by Gasteiger charge is 2.45. The molecule has 35 heavy (non-hydrogen) atoms. The normalized spacial score (nSPS) is 23.1. The maximum atomic E-state index is 12.7. The SMILES string of the molecule is CC(C)(C)OC(=O)N1CCC(COCc2ccccc2)(C2=NOCC(CN3CCCCC3)O2)CC1. The van der Waals surface area contributed by atoms with Gasteiger partial charge in [-0.15, -0.1) is 0 Å². The number of amides is 1. The molecule has 0 aliphatic carbocycles. The molecule has 194 valence electrons. The van der Waals surface area contributed by atoms with Crippen molar-refractivity contribution in [3.63, 3.8) is 0 Å². The Balaban J connectivity index is 1.42. The molecule has 3 aliphatic heterocycles. The minimum Gasteiger partial charge on any atom is -0.470 e. The quantitative estimate of drug-likeness (QED) is 0.566. The lowest BCUT2D eigenvalue weighted by atomic mass is 9.78. The summed E-state index contributed by atoms with van der Waals surface area (Å²) in [5, 5.41) is 4.38. The van der Waals surface area contributed by atoms with Crippen LogP contribution >= 0.6 is 0 Å².